The summed E-state index contributed by atoms with van der Waals surface area (Å²) < 4.78 is 0. The molecule has 0 bridgehead atoms. The number of H-pyrrole nitrogens is 2. The highest BCUT2D eigenvalue weighted by atomic mass is 16.2. The van der Waals surface area contributed by atoms with Crippen molar-refractivity contribution < 1.29 is 33.6 Å². The van der Waals surface area contributed by atoms with Crippen LogP contribution in [0.3, 0.4) is 0 Å². The third-order valence-electron chi connectivity index (χ3n) is 11.7. The van der Waals surface area contributed by atoms with Crippen LogP contribution in [0, 0.1) is 5.41 Å². The summed E-state index contributed by atoms with van der Waals surface area (Å²) in [6.07, 6.45) is 8.98. The van der Waals surface area contributed by atoms with Gasteiger partial charge >= 0.3 is 0 Å². The van der Waals surface area contributed by atoms with E-state index in [-0.39, 0.29) is 56.9 Å². The fourth-order valence-electron chi connectivity index (χ4n) is 7.98. The molecule has 20 nitrogen and oxygen atoms in total. The molecule has 20 heteroatoms. The normalized spacial score (nSPS) is 13.1. The number of nitrogens with one attached hydrogen (secondary N) is 11. The number of rotatable bonds is 31. The number of unbranched alkanes of at least 4 members (excludes halogenated alkanes) is 1. The lowest BCUT2D eigenvalue weighted by atomic mass is 10.0. The van der Waals surface area contributed by atoms with Gasteiger partial charge in [0, 0.05) is 55.5 Å². The van der Waals surface area contributed by atoms with Crippen LogP contribution in [-0.4, -0.2) is 120 Å². The number of carbonyl (C=O) groups is 7. The number of carbonyl (C=O) groups excluding carboxylic acids is 7. The summed E-state index contributed by atoms with van der Waals surface area (Å²) in [5.41, 5.74) is 9.29. The van der Waals surface area contributed by atoms with Crippen LogP contribution < -0.4 is 48.3 Å². The number of nitrogens with zero attached hydrogens (tertiary/aromatic N) is 1. The Hall–Kier alpha value is -7.87. The predicted molar refractivity (Wildman–Crippen MR) is 269 cm³/mol. The number of imidazole rings is 1. The molecular weight excluding hydrogens is 907 g/mol. The second-order valence-electron chi connectivity index (χ2n) is 17.3. The Labute approximate surface area is 413 Å². The molecular formula is C51H67N13O7. The van der Waals surface area contributed by atoms with Gasteiger partial charge < -0.3 is 63.0 Å². The minimum Gasteiger partial charge on any atom is -0.370 e. The Kier molecular flexibility index (Phi) is 22.3. The minimum atomic E-state index is -1.28. The molecule has 2 aromatic heterocycles. The van der Waals surface area contributed by atoms with Crippen LogP contribution in [0.15, 0.2) is 104 Å². The molecule has 0 fully saturated rings. The summed E-state index contributed by atoms with van der Waals surface area (Å²) in [6, 6.07) is 20.5. The largest absolute Gasteiger partial charge is 0.370 e. The molecule has 0 saturated carbocycles. The molecule has 0 radical (unpaired) electrons. The molecule has 0 unspecified atom stereocenters. The van der Waals surface area contributed by atoms with E-state index in [1.807, 2.05) is 67.7 Å². The number of hydrogen-bond acceptors (Lipinski definition) is 10. The minimum absolute atomic E-state index is 0.00730. The predicted octanol–water partition coefficient (Wildman–Crippen LogP) is 1.33. The van der Waals surface area contributed by atoms with E-state index in [1.165, 1.54) is 6.33 Å². The van der Waals surface area contributed by atoms with Gasteiger partial charge in [0.15, 0.2) is 5.96 Å². The molecule has 0 aliphatic heterocycles. The van der Waals surface area contributed by atoms with Crippen molar-refractivity contribution in [2.24, 2.45) is 5.73 Å². The fraction of sp³-hybridized carbons (Fsp3) is 0.392. The van der Waals surface area contributed by atoms with Gasteiger partial charge in [-0.25, -0.2) is 4.98 Å². The first-order valence-corrected chi connectivity index (χ1v) is 24.0. The second kappa shape index (κ2) is 29.2. The highest BCUT2D eigenvalue weighted by Gasteiger charge is 2.32. The number of para-hydroxylation sites is 1. The van der Waals surface area contributed by atoms with E-state index < -0.39 is 66.3 Å². The van der Waals surface area contributed by atoms with Crippen molar-refractivity contribution in [3.63, 3.8) is 0 Å². The molecule has 13 N–H and O–H groups in total. The maximum atomic E-state index is 14.6. The summed E-state index contributed by atoms with van der Waals surface area (Å²) >= 11 is 0. The second-order valence-corrected chi connectivity index (χ2v) is 17.3. The van der Waals surface area contributed by atoms with Crippen molar-refractivity contribution in [2.45, 2.75) is 101 Å². The van der Waals surface area contributed by atoms with Gasteiger partial charge in [-0.1, -0.05) is 78.9 Å². The molecule has 5 aromatic rings. The summed E-state index contributed by atoms with van der Waals surface area (Å²) in [4.78, 5) is 106. The lowest BCUT2D eigenvalue weighted by molar-refractivity contribution is -0.135. The molecule has 71 heavy (non-hydrogen) atoms. The Morgan fingerprint density at radius 3 is 1.97 bits per heavy atom. The van der Waals surface area contributed by atoms with Crippen molar-refractivity contribution in [3.8, 4) is 0 Å². The number of aromatic amines is 2. The molecule has 0 spiro atoms. The molecule has 0 saturated heterocycles. The number of amides is 6. The molecule has 5 rings (SSSR count). The molecule has 378 valence electrons. The molecule has 2 heterocycles. The maximum Gasteiger partial charge on any atom is 0.243 e. The highest BCUT2D eigenvalue weighted by Crippen LogP contribution is 2.20. The van der Waals surface area contributed by atoms with Crippen LogP contribution in [0.25, 0.3) is 10.9 Å². The molecule has 3 aromatic carbocycles. The van der Waals surface area contributed by atoms with Crippen LogP contribution in [0.4, 0.5) is 0 Å². The summed E-state index contributed by atoms with van der Waals surface area (Å²) in [7, 11) is 1.83. The number of hydrogen-bond donors (Lipinski definition) is 12. The van der Waals surface area contributed by atoms with Crippen LogP contribution in [-0.2, 0) is 59.2 Å². The quantitative estimate of drug-likeness (QED) is 0.0130. The number of guanidine groups is 1. The maximum absolute atomic E-state index is 14.6. The summed E-state index contributed by atoms with van der Waals surface area (Å²) in [6.45, 7) is 0.451. The van der Waals surface area contributed by atoms with Crippen molar-refractivity contribution in [2.75, 3.05) is 26.7 Å². The standard InChI is InChI=1S/C51H67N13O7/c1-54-24-11-10-19-37(32-65)60-46(67)31-58-47(68)43(27-36-29-57-40-21-9-8-20-39(36)40)64-48(69)41(22-13-25-56-51(52)53)62-49(70)42(26-35-16-6-3-7-17-35)63-50(71)44(28-38-30-55-33-59-38)61-45(66)23-12-18-34-14-4-2-5-15-34/h2-9,14-17,20-21,29-30,32-33,37,41-44,54,57H,10-13,18-19,22-28,31H2,1H3,(H,55,59)(H,58,68)(H,60,67)(H,61,66)(H,62,70)(H,63,71)(H,64,69)(H4,52,53,56)/t37-,41-,42+,43-,44-/m0/s1. The van der Waals surface area contributed by atoms with E-state index in [2.05, 4.69) is 57.5 Å². The van der Waals surface area contributed by atoms with Crippen LogP contribution in [0.1, 0.15) is 67.3 Å². The number of nitrogens with two attached hydrogens (primary N) is 1. The first kappa shape index (κ1) is 54.1. The van der Waals surface area contributed by atoms with Gasteiger partial charge in [0.25, 0.3) is 0 Å². The Morgan fingerprint density at radius 1 is 0.648 bits per heavy atom. The van der Waals surface area contributed by atoms with E-state index in [0.717, 1.165) is 29.4 Å². The van der Waals surface area contributed by atoms with Crippen LogP contribution >= 0.6 is 0 Å². The molecule has 6 amide bonds. The zero-order valence-electron chi connectivity index (χ0n) is 40.1. The molecule has 0 aliphatic rings. The van der Waals surface area contributed by atoms with Gasteiger partial charge in [0.1, 0.15) is 30.5 Å². The van der Waals surface area contributed by atoms with E-state index >= 15 is 0 Å². The van der Waals surface area contributed by atoms with Crippen molar-refractivity contribution in [3.05, 3.63) is 126 Å². The first-order chi connectivity index (χ1) is 34.4. The van der Waals surface area contributed by atoms with Crippen molar-refractivity contribution in [1.29, 1.82) is 5.41 Å². The Morgan fingerprint density at radius 2 is 1.30 bits per heavy atom. The van der Waals surface area contributed by atoms with E-state index in [0.29, 0.717) is 48.8 Å². The monoisotopic (exact) mass is 974 g/mol. The zero-order valence-corrected chi connectivity index (χ0v) is 40.1. The number of benzene rings is 3. The lowest BCUT2D eigenvalue weighted by Gasteiger charge is -2.27. The topological polar surface area (TPSA) is 310 Å². The summed E-state index contributed by atoms with van der Waals surface area (Å²) in [5, 5.41) is 30.7. The van der Waals surface area contributed by atoms with Crippen molar-refractivity contribution in [1.82, 2.24) is 57.5 Å². The average molecular weight is 974 g/mol. The van der Waals surface area contributed by atoms with Crippen LogP contribution in [0.5, 0.6) is 0 Å². The summed E-state index contributed by atoms with van der Waals surface area (Å²) in [5.74, 6) is -4.05. The van der Waals surface area contributed by atoms with Gasteiger partial charge in [0.05, 0.1) is 24.6 Å². The van der Waals surface area contributed by atoms with Crippen LogP contribution in [0.2, 0.25) is 0 Å². The first-order valence-electron chi connectivity index (χ1n) is 24.0. The number of aldehydes is 1. The van der Waals surface area contributed by atoms with Gasteiger partial charge in [0.2, 0.25) is 35.4 Å². The Bertz CT molecular complexity index is 2480. The van der Waals surface area contributed by atoms with Gasteiger partial charge in [-0.05, 0) is 81.3 Å². The molecule has 0 aliphatic carbocycles. The zero-order chi connectivity index (χ0) is 50.8. The van der Waals surface area contributed by atoms with Gasteiger partial charge in [-0.15, -0.1) is 0 Å². The number of aryl methyl sites for hydroxylation is 1. The fourth-order valence-corrected chi connectivity index (χ4v) is 7.98. The van der Waals surface area contributed by atoms with Gasteiger partial charge in [-0.3, -0.25) is 34.2 Å². The molecule has 5 atom stereocenters. The Balaban J connectivity index is 1.35. The number of fused-ring (bicyclic) bond motifs is 1. The van der Waals surface area contributed by atoms with Gasteiger partial charge in [-0.2, -0.15) is 0 Å². The third-order valence-corrected chi connectivity index (χ3v) is 11.7. The van der Waals surface area contributed by atoms with E-state index in [1.54, 1.807) is 36.7 Å². The lowest BCUT2D eigenvalue weighted by Crippen LogP contribution is -2.59. The van der Waals surface area contributed by atoms with E-state index in [9.17, 15) is 33.6 Å². The smallest absolute Gasteiger partial charge is 0.243 e. The highest BCUT2D eigenvalue weighted by molar-refractivity contribution is 5.97. The number of aromatic nitrogens is 3. The van der Waals surface area contributed by atoms with Crippen molar-refractivity contribution >= 4 is 58.6 Å². The SMILES string of the molecule is CNCCCC[C@@H](C=O)NC(=O)CNC(=O)[C@H](Cc1c[nH]c2ccccc12)NC(=O)[C@H](CCCNC(=N)N)NC(=O)[C@@H](Cc1ccccc1)NC(=O)[C@H](Cc1c[nH]cn1)NC(=O)CCCc1ccccc1. The average Bonchev–Trinajstić information content (AvgIpc) is 4.05. The van der Waals surface area contributed by atoms with E-state index in [4.69, 9.17) is 11.1 Å². The third kappa shape index (κ3) is 18.9.